The van der Waals surface area contributed by atoms with E-state index in [4.69, 9.17) is 4.74 Å². The van der Waals surface area contributed by atoms with Gasteiger partial charge in [-0.05, 0) is 44.5 Å². The minimum Gasteiger partial charge on any atom is -0.508 e. The van der Waals surface area contributed by atoms with E-state index in [1.54, 1.807) is 12.1 Å². The van der Waals surface area contributed by atoms with Crippen LogP contribution in [-0.2, 0) is 9.53 Å². The van der Waals surface area contributed by atoms with Crippen molar-refractivity contribution < 1.29 is 14.6 Å². The lowest BCUT2D eigenvalue weighted by Gasteiger charge is -2.35. The van der Waals surface area contributed by atoms with E-state index in [1.807, 2.05) is 26.0 Å². The second-order valence-electron chi connectivity index (χ2n) is 6.40. The number of nitrogens with one attached hydrogen (secondary N) is 1. The van der Waals surface area contributed by atoms with Gasteiger partial charge in [0.2, 0.25) is 5.91 Å². The zero-order chi connectivity index (χ0) is 17.4. The van der Waals surface area contributed by atoms with Crippen molar-refractivity contribution in [3.05, 3.63) is 24.3 Å². The third-order valence-corrected chi connectivity index (χ3v) is 4.05. The number of hydrogen-bond acceptors (Lipinski definition) is 5. The van der Waals surface area contributed by atoms with Crippen LogP contribution in [-0.4, -0.2) is 67.9 Å². The Bertz CT molecular complexity index is 497. The van der Waals surface area contributed by atoms with Gasteiger partial charge in [0, 0.05) is 45.0 Å². The molecule has 0 bridgehead atoms. The van der Waals surface area contributed by atoms with Gasteiger partial charge in [-0.3, -0.25) is 9.69 Å². The van der Waals surface area contributed by atoms with E-state index in [0.717, 1.165) is 38.3 Å². The first-order chi connectivity index (χ1) is 11.5. The van der Waals surface area contributed by atoms with E-state index in [1.165, 1.54) is 0 Å². The quantitative estimate of drug-likeness (QED) is 0.704. The van der Waals surface area contributed by atoms with Gasteiger partial charge >= 0.3 is 0 Å². The predicted molar refractivity (Wildman–Crippen MR) is 95.5 cm³/mol. The molecular formula is C18H29N3O3. The zero-order valence-corrected chi connectivity index (χ0v) is 14.7. The normalized spacial score (nSPS) is 15.7. The first-order valence-electron chi connectivity index (χ1n) is 8.69. The predicted octanol–water partition coefficient (Wildman–Crippen LogP) is 1.45. The summed E-state index contributed by atoms with van der Waals surface area (Å²) in [5, 5.41) is 12.3. The van der Waals surface area contributed by atoms with Gasteiger partial charge in [-0.2, -0.15) is 0 Å². The van der Waals surface area contributed by atoms with Gasteiger partial charge in [0.05, 0.1) is 12.6 Å². The molecule has 1 amide bonds. The molecule has 1 saturated heterocycles. The molecule has 0 atom stereocenters. The van der Waals surface area contributed by atoms with E-state index in [-0.39, 0.29) is 17.8 Å². The number of hydrogen-bond donors (Lipinski definition) is 2. The Morgan fingerprint density at radius 3 is 2.50 bits per heavy atom. The van der Waals surface area contributed by atoms with Crippen molar-refractivity contribution in [2.24, 2.45) is 0 Å². The Morgan fingerprint density at radius 1 is 1.21 bits per heavy atom. The average Bonchev–Trinajstić information content (AvgIpc) is 2.56. The summed E-state index contributed by atoms with van der Waals surface area (Å²) < 4.78 is 5.45. The van der Waals surface area contributed by atoms with Gasteiger partial charge in [0.15, 0.2) is 0 Å². The average molecular weight is 335 g/mol. The van der Waals surface area contributed by atoms with Crippen LogP contribution in [0.4, 0.5) is 5.69 Å². The maximum absolute atomic E-state index is 12.0. The lowest BCUT2D eigenvalue weighted by molar-refractivity contribution is -0.122. The first-order valence-corrected chi connectivity index (χ1v) is 8.69. The van der Waals surface area contributed by atoms with Crippen LogP contribution >= 0.6 is 0 Å². The summed E-state index contributed by atoms with van der Waals surface area (Å²) in [6.45, 7) is 9.33. The Labute approximate surface area is 144 Å². The van der Waals surface area contributed by atoms with Crippen LogP contribution < -0.4 is 10.2 Å². The van der Waals surface area contributed by atoms with Crippen LogP contribution in [0.3, 0.4) is 0 Å². The summed E-state index contributed by atoms with van der Waals surface area (Å²) in [6, 6.07) is 7.27. The van der Waals surface area contributed by atoms with Crippen molar-refractivity contribution in [2.75, 3.05) is 50.8 Å². The van der Waals surface area contributed by atoms with Crippen LogP contribution in [0, 0.1) is 0 Å². The highest BCUT2D eigenvalue weighted by Gasteiger charge is 2.19. The fourth-order valence-electron chi connectivity index (χ4n) is 2.71. The molecule has 1 heterocycles. The second-order valence-corrected chi connectivity index (χ2v) is 6.40. The summed E-state index contributed by atoms with van der Waals surface area (Å²) in [4.78, 5) is 16.4. The number of piperazine rings is 1. The van der Waals surface area contributed by atoms with Gasteiger partial charge in [0.1, 0.15) is 5.75 Å². The van der Waals surface area contributed by atoms with Gasteiger partial charge in [-0.1, -0.05) is 0 Å². The molecule has 0 aromatic heterocycles. The number of benzene rings is 1. The number of aromatic hydroxyl groups is 1. The van der Waals surface area contributed by atoms with Crippen molar-refractivity contribution in [3.63, 3.8) is 0 Å². The van der Waals surface area contributed by atoms with Gasteiger partial charge < -0.3 is 20.1 Å². The minimum absolute atomic E-state index is 0.0811. The number of phenolic OH excluding ortho intramolecular Hbond substituents is 1. The van der Waals surface area contributed by atoms with Crippen LogP contribution in [0.5, 0.6) is 5.75 Å². The van der Waals surface area contributed by atoms with Gasteiger partial charge in [-0.15, -0.1) is 0 Å². The molecule has 1 aromatic carbocycles. The number of amides is 1. The number of carbonyl (C=O) groups excluding carboxylic acids is 1. The molecule has 6 nitrogen and oxygen atoms in total. The molecule has 1 aliphatic heterocycles. The lowest BCUT2D eigenvalue weighted by Crippen LogP contribution is -2.49. The fourth-order valence-corrected chi connectivity index (χ4v) is 2.71. The highest BCUT2D eigenvalue weighted by molar-refractivity contribution is 5.78. The lowest BCUT2D eigenvalue weighted by atomic mass is 10.2. The summed E-state index contributed by atoms with van der Waals surface area (Å²) in [5.74, 6) is 0.366. The number of phenols is 1. The monoisotopic (exact) mass is 335 g/mol. The third-order valence-electron chi connectivity index (χ3n) is 4.05. The topological polar surface area (TPSA) is 65.0 Å². The molecule has 0 aliphatic carbocycles. The van der Waals surface area contributed by atoms with Crippen LogP contribution in [0.1, 0.15) is 20.3 Å². The molecule has 0 spiro atoms. The van der Waals surface area contributed by atoms with Crippen molar-refractivity contribution >= 4 is 11.6 Å². The SMILES string of the molecule is CC(C)OCCCNC(=O)CN1CCN(c2ccc(O)cc2)CC1. The molecule has 2 rings (SSSR count). The van der Waals surface area contributed by atoms with E-state index in [0.29, 0.717) is 19.7 Å². The van der Waals surface area contributed by atoms with Gasteiger partial charge in [0.25, 0.3) is 0 Å². The number of carbonyl (C=O) groups is 1. The highest BCUT2D eigenvalue weighted by Crippen LogP contribution is 2.19. The second kappa shape index (κ2) is 9.49. The zero-order valence-electron chi connectivity index (χ0n) is 14.7. The number of anilines is 1. The standard InChI is InChI=1S/C18H29N3O3/c1-15(2)24-13-3-8-19-18(23)14-20-9-11-21(12-10-20)16-4-6-17(22)7-5-16/h4-7,15,22H,3,8-14H2,1-2H3,(H,19,23). The van der Waals surface area contributed by atoms with E-state index in [2.05, 4.69) is 15.1 Å². The Balaban J connectivity index is 1.62. The van der Waals surface area contributed by atoms with Crippen LogP contribution in [0.25, 0.3) is 0 Å². The molecule has 0 radical (unpaired) electrons. The summed E-state index contributed by atoms with van der Waals surface area (Å²) >= 11 is 0. The van der Waals surface area contributed by atoms with Crippen molar-refractivity contribution in [2.45, 2.75) is 26.4 Å². The van der Waals surface area contributed by atoms with Crippen LogP contribution in [0.15, 0.2) is 24.3 Å². The Morgan fingerprint density at radius 2 is 1.88 bits per heavy atom. The molecule has 2 N–H and O–H groups in total. The number of nitrogens with zero attached hydrogens (tertiary/aromatic N) is 2. The Hall–Kier alpha value is -1.79. The van der Waals surface area contributed by atoms with Crippen molar-refractivity contribution in [1.82, 2.24) is 10.2 Å². The first kappa shape index (κ1) is 18.5. The summed E-state index contributed by atoms with van der Waals surface area (Å²) in [7, 11) is 0. The number of rotatable bonds is 8. The van der Waals surface area contributed by atoms with E-state index in [9.17, 15) is 9.90 Å². The third kappa shape index (κ3) is 6.37. The largest absolute Gasteiger partial charge is 0.508 e. The highest BCUT2D eigenvalue weighted by atomic mass is 16.5. The smallest absolute Gasteiger partial charge is 0.234 e. The van der Waals surface area contributed by atoms with Crippen molar-refractivity contribution in [1.29, 1.82) is 0 Å². The molecule has 24 heavy (non-hydrogen) atoms. The molecular weight excluding hydrogens is 306 g/mol. The van der Waals surface area contributed by atoms with Crippen LogP contribution in [0.2, 0.25) is 0 Å². The molecule has 1 aromatic rings. The summed E-state index contributed by atoms with van der Waals surface area (Å²) in [6.07, 6.45) is 1.09. The van der Waals surface area contributed by atoms with E-state index >= 15 is 0 Å². The summed E-state index contributed by atoms with van der Waals surface area (Å²) in [5.41, 5.74) is 1.11. The molecule has 134 valence electrons. The molecule has 1 fully saturated rings. The van der Waals surface area contributed by atoms with E-state index < -0.39 is 0 Å². The van der Waals surface area contributed by atoms with Gasteiger partial charge in [-0.25, -0.2) is 0 Å². The maximum Gasteiger partial charge on any atom is 0.234 e. The fraction of sp³-hybridized carbons (Fsp3) is 0.611. The molecule has 0 unspecified atom stereocenters. The molecule has 1 aliphatic rings. The molecule has 0 saturated carbocycles. The number of ether oxygens (including phenoxy) is 1. The molecule has 6 heteroatoms. The Kier molecular flexibility index (Phi) is 7.34. The van der Waals surface area contributed by atoms with Crippen molar-refractivity contribution in [3.8, 4) is 5.75 Å². The maximum atomic E-state index is 12.0. The minimum atomic E-state index is 0.0811.